The highest BCUT2D eigenvalue weighted by Crippen LogP contribution is 2.22. The van der Waals surface area contributed by atoms with Crippen LogP contribution in [0, 0.1) is 11.3 Å². The van der Waals surface area contributed by atoms with Gasteiger partial charge in [-0.2, -0.15) is 9.57 Å². The van der Waals surface area contributed by atoms with Gasteiger partial charge in [0.2, 0.25) is 10.0 Å². The Morgan fingerprint density at radius 2 is 1.80 bits per heavy atom. The summed E-state index contributed by atoms with van der Waals surface area (Å²) in [6, 6.07) is 15.7. The van der Waals surface area contributed by atoms with Crippen molar-refractivity contribution < 1.29 is 17.9 Å². The Morgan fingerprint density at radius 3 is 2.47 bits per heavy atom. The van der Waals surface area contributed by atoms with Crippen LogP contribution in [0.3, 0.4) is 0 Å². The van der Waals surface area contributed by atoms with E-state index in [1.807, 2.05) is 30.3 Å². The Labute approximate surface area is 177 Å². The Bertz CT molecular complexity index is 1050. The molecule has 0 N–H and O–H groups in total. The molecule has 2 aromatic rings. The minimum atomic E-state index is -3.78. The van der Waals surface area contributed by atoms with Crippen molar-refractivity contribution in [2.24, 2.45) is 0 Å². The summed E-state index contributed by atoms with van der Waals surface area (Å²) in [5.41, 5.74) is 1.25. The molecule has 0 aromatic heterocycles. The van der Waals surface area contributed by atoms with Gasteiger partial charge < -0.3 is 9.64 Å². The molecule has 158 valence electrons. The number of nitriles is 1. The number of hydrogen-bond acceptors (Lipinski definition) is 5. The van der Waals surface area contributed by atoms with Crippen LogP contribution in [-0.2, 0) is 14.8 Å². The molecule has 0 aliphatic carbocycles. The maximum atomic E-state index is 12.9. The molecule has 0 saturated carbocycles. The Hall–Kier alpha value is -2.89. The predicted octanol–water partition coefficient (Wildman–Crippen LogP) is 2.59. The topological polar surface area (TPSA) is 90.7 Å². The number of sulfonamides is 1. The van der Waals surface area contributed by atoms with Gasteiger partial charge in [0.05, 0.1) is 10.5 Å². The fourth-order valence-corrected chi connectivity index (χ4v) is 4.87. The fourth-order valence-electron chi connectivity index (χ4n) is 3.30. The average Bonchev–Trinajstić information content (AvgIpc) is 2.77. The van der Waals surface area contributed by atoms with E-state index >= 15 is 0 Å². The van der Waals surface area contributed by atoms with Crippen LogP contribution in [-0.4, -0.2) is 56.3 Å². The lowest BCUT2D eigenvalue weighted by Gasteiger charge is -2.34. The summed E-state index contributed by atoms with van der Waals surface area (Å²) in [7, 11) is -3.78. The normalized spacial score (nSPS) is 15.1. The number of benzene rings is 2. The van der Waals surface area contributed by atoms with Crippen LogP contribution < -0.4 is 4.74 Å². The lowest BCUT2D eigenvalue weighted by atomic mass is 10.0. The van der Waals surface area contributed by atoms with Crippen molar-refractivity contribution in [1.29, 1.82) is 5.26 Å². The molecule has 0 unspecified atom stereocenters. The number of ether oxygens (including phenoxy) is 1. The van der Waals surface area contributed by atoms with E-state index < -0.39 is 10.0 Å². The van der Waals surface area contributed by atoms with Crippen LogP contribution >= 0.6 is 0 Å². The Kier molecular flexibility index (Phi) is 6.75. The van der Waals surface area contributed by atoms with Gasteiger partial charge in [0.1, 0.15) is 11.8 Å². The van der Waals surface area contributed by atoms with Crippen LogP contribution in [0.4, 0.5) is 0 Å². The van der Waals surface area contributed by atoms with Crippen LogP contribution in [0.15, 0.2) is 53.4 Å². The van der Waals surface area contributed by atoms with Crippen LogP contribution in [0.5, 0.6) is 5.75 Å². The molecule has 1 fully saturated rings. The number of carbonyl (C=O) groups is 1. The van der Waals surface area contributed by atoms with E-state index in [-0.39, 0.29) is 49.2 Å². The summed E-state index contributed by atoms with van der Waals surface area (Å²) < 4.78 is 32.7. The molecule has 0 radical (unpaired) electrons. The second-order valence-corrected chi connectivity index (χ2v) is 9.32. The monoisotopic (exact) mass is 427 g/mol. The van der Waals surface area contributed by atoms with Crippen molar-refractivity contribution in [2.45, 2.75) is 24.7 Å². The number of carbonyl (C=O) groups excluding carboxylic acids is 1. The van der Waals surface area contributed by atoms with Crippen molar-refractivity contribution in [1.82, 2.24) is 9.21 Å². The number of nitrogens with zero attached hydrogens (tertiary/aromatic N) is 3. The molecule has 0 bridgehead atoms. The van der Waals surface area contributed by atoms with E-state index in [2.05, 4.69) is 13.8 Å². The molecule has 3 rings (SSSR count). The summed E-state index contributed by atoms with van der Waals surface area (Å²) >= 11 is 0. The molecule has 2 aromatic carbocycles. The first kappa shape index (κ1) is 21.8. The van der Waals surface area contributed by atoms with Crippen molar-refractivity contribution >= 4 is 15.9 Å². The van der Waals surface area contributed by atoms with Gasteiger partial charge >= 0.3 is 0 Å². The fraction of sp³-hybridized carbons (Fsp3) is 0.364. The van der Waals surface area contributed by atoms with Gasteiger partial charge in [-0.1, -0.05) is 38.1 Å². The highest BCUT2D eigenvalue weighted by atomic mass is 32.2. The minimum absolute atomic E-state index is 0.000596. The third-order valence-electron chi connectivity index (χ3n) is 5.10. The molecule has 1 heterocycles. The quantitative estimate of drug-likeness (QED) is 0.707. The van der Waals surface area contributed by atoms with Crippen LogP contribution in [0.2, 0.25) is 0 Å². The van der Waals surface area contributed by atoms with Crippen molar-refractivity contribution in [3.05, 3.63) is 59.7 Å². The molecule has 1 aliphatic heterocycles. The van der Waals surface area contributed by atoms with Gasteiger partial charge in [0, 0.05) is 26.2 Å². The lowest BCUT2D eigenvalue weighted by molar-refractivity contribution is -0.134. The summed E-state index contributed by atoms with van der Waals surface area (Å²) in [4.78, 5) is 14.1. The Balaban J connectivity index is 1.58. The zero-order chi connectivity index (χ0) is 21.7. The number of hydrogen-bond donors (Lipinski definition) is 0. The molecule has 1 aliphatic rings. The molecule has 7 nitrogen and oxygen atoms in total. The second kappa shape index (κ2) is 9.28. The zero-order valence-corrected chi connectivity index (χ0v) is 17.9. The van der Waals surface area contributed by atoms with Crippen molar-refractivity contribution in [3.63, 3.8) is 0 Å². The first-order valence-corrected chi connectivity index (χ1v) is 11.3. The van der Waals surface area contributed by atoms with Gasteiger partial charge in [-0.05, 0) is 35.7 Å². The van der Waals surface area contributed by atoms with Crippen molar-refractivity contribution in [3.8, 4) is 11.8 Å². The van der Waals surface area contributed by atoms with E-state index in [0.717, 1.165) is 5.56 Å². The van der Waals surface area contributed by atoms with Gasteiger partial charge in [-0.25, -0.2) is 8.42 Å². The molecule has 30 heavy (non-hydrogen) atoms. The van der Waals surface area contributed by atoms with E-state index in [1.54, 1.807) is 17.0 Å². The number of piperazine rings is 1. The first-order chi connectivity index (χ1) is 14.3. The van der Waals surface area contributed by atoms with Crippen LogP contribution in [0.1, 0.15) is 30.9 Å². The average molecular weight is 428 g/mol. The smallest absolute Gasteiger partial charge is 0.260 e. The van der Waals surface area contributed by atoms with Crippen molar-refractivity contribution in [2.75, 3.05) is 32.8 Å². The maximum absolute atomic E-state index is 12.9. The highest BCUT2D eigenvalue weighted by molar-refractivity contribution is 7.89. The Morgan fingerprint density at radius 1 is 1.10 bits per heavy atom. The lowest BCUT2D eigenvalue weighted by Crippen LogP contribution is -2.51. The summed E-state index contributed by atoms with van der Waals surface area (Å²) in [6.45, 7) is 5.00. The summed E-state index contributed by atoms with van der Waals surface area (Å²) in [6.07, 6.45) is 0. The summed E-state index contributed by atoms with van der Waals surface area (Å²) in [5.74, 6) is 0.828. The first-order valence-electron chi connectivity index (χ1n) is 9.82. The third-order valence-corrected chi connectivity index (χ3v) is 7.06. The molecule has 0 spiro atoms. The van der Waals surface area contributed by atoms with E-state index in [9.17, 15) is 18.5 Å². The summed E-state index contributed by atoms with van der Waals surface area (Å²) in [5, 5.41) is 9.20. The number of amides is 1. The molecular weight excluding hydrogens is 402 g/mol. The molecule has 0 atom stereocenters. The molecule has 1 saturated heterocycles. The third kappa shape index (κ3) is 4.81. The molecule has 8 heteroatoms. The second-order valence-electron chi connectivity index (χ2n) is 7.41. The molecule has 1 amide bonds. The van der Waals surface area contributed by atoms with E-state index in [0.29, 0.717) is 11.7 Å². The van der Waals surface area contributed by atoms with E-state index in [4.69, 9.17) is 4.74 Å². The largest absolute Gasteiger partial charge is 0.484 e. The van der Waals surface area contributed by atoms with E-state index in [1.165, 1.54) is 16.4 Å². The molecular formula is C22H25N3O4S. The number of rotatable bonds is 6. The van der Waals surface area contributed by atoms with Gasteiger partial charge in [-0.3, -0.25) is 4.79 Å². The van der Waals surface area contributed by atoms with Gasteiger partial charge in [-0.15, -0.1) is 0 Å². The van der Waals surface area contributed by atoms with Crippen LogP contribution in [0.25, 0.3) is 0 Å². The maximum Gasteiger partial charge on any atom is 0.260 e. The zero-order valence-electron chi connectivity index (χ0n) is 17.1. The van der Waals surface area contributed by atoms with Gasteiger partial charge in [0.25, 0.3) is 5.91 Å². The predicted molar refractivity (Wildman–Crippen MR) is 113 cm³/mol. The SMILES string of the molecule is CC(C)c1cccc(OCC(=O)N2CCN(S(=O)(=O)c3ccccc3C#N)CC2)c1. The minimum Gasteiger partial charge on any atom is -0.484 e. The highest BCUT2D eigenvalue weighted by Gasteiger charge is 2.31. The van der Waals surface area contributed by atoms with Gasteiger partial charge in [0.15, 0.2) is 6.61 Å². The standard InChI is InChI=1S/C22H25N3O4S/c1-17(2)18-7-5-8-20(14-18)29-16-22(26)24-10-12-25(13-11-24)30(27,28)21-9-4-3-6-19(21)15-23/h3-9,14,17H,10-13,16H2,1-2H3.